The molecule has 0 saturated carbocycles. The molecule has 40 heavy (non-hydrogen) atoms. The molecule has 212 valence electrons. The number of nitrogens with two attached hydrogens (primary N) is 1. The van der Waals surface area contributed by atoms with Gasteiger partial charge in [-0.3, -0.25) is 14.4 Å². The maximum absolute atomic E-state index is 13.2. The molecular formula is C27H32N6O6S. The van der Waals surface area contributed by atoms with E-state index in [0.29, 0.717) is 11.3 Å². The van der Waals surface area contributed by atoms with Gasteiger partial charge in [0.2, 0.25) is 17.7 Å². The molecule has 0 radical (unpaired) electrons. The molecule has 12 nitrogen and oxygen atoms in total. The van der Waals surface area contributed by atoms with Crippen molar-refractivity contribution in [2.24, 2.45) is 5.73 Å². The number of hydrogen-bond acceptors (Lipinski definition) is 8. The number of carbonyl (C=O) groups excluding carboxylic acids is 3. The van der Waals surface area contributed by atoms with Crippen molar-refractivity contribution in [1.82, 2.24) is 25.9 Å². The highest BCUT2D eigenvalue weighted by Gasteiger charge is 2.30. The monoisotopic (exact) mass is 568 g/mol. The number of benzene rings is 2. The SMILES string of the molecule is NC(Cc1ccccc1)C(=O)NC(CS)C(=O)NC(Cc1ccc(O)cc1)C(=O)NC(Cc1cnc[nH]1)C(=O)O. The Hall–Kier alpha value is -4.36. The van der Waals surface area contributed by atoms with Crippen molar-refractivity contribution in [3.63, 3.8) is 0 Å². The van der Waals surface area contributed by atoms with Gasteiger partial charge in [-0.05, 0) is 29.7 Å². The van der Waals surface area contributed by atoms with Gasteiger partial charge in [-0.25, -0.2) is 9.78 Å². The first kappa shape index (κ1) is 30.2. The minimum Gasteiger partial charge on any atom is -0.508 e. The fourth-order valence-corrected chi connectivity index (χ4v) is 4.13. The number of H-pyrrole nitrogens is 1. The zero-order valence-corrected chi connectivity index (χ0v) is 22.4. The van der Waals surface area contributed by atoms with Crippen molar-refractivity contribution in [2.75, 3.05) is 5.75 Å². The van der Waals surface area contributed by atoms with E-state index in [-0.39, 0.29) is 30.8 Å². The number of phenolic OH excluding ortho intramolecular Hbond substituents is 1. The first-order chi connectivity index (χ1) is 19.2. The molecule has 2 aromatic carbocycles. The Balaban J connectivity index is 1.71. The van der Waals surface area contributed by atoms with Gasteiger partial charge in [0, 0.05) is 30.5 Å². The molecule has 4 atom stereocenters. The number of aromatic nitrogens is 2. The van der Waals surface area contributed by atoms with Crippen molar-refractivity contribution in [3.05, 3.63) is 83.9 Å². The Bertz CT molecular complexity index is 1270. The van der Waals surface area contributed by atoms with E-state index in [2.05, 4.69) is 38.5 Å². The Morgan fingerprint density at radius 3 is 2.02 bits per heavy atom. The summed E-state index contributed by atoms with van der Waals surface area (Å²) >= 11 is 4.18. The van der Waals surface area contributed by atoms with Gasteiger partial charge in [0.05, 0.1) is 12.4 Å². The normalized spacial score (nSPS) is 13.8. The van der Waals surface area contributed by atoms with Crippen LogP contribution in [0.3, 0.4) is 0 Å². The van der Waals surface area contributed by atoms with Crippen LogP contribution in [0.4, 0.5) is 0 Å². The number of imidazole rings is 1. The van der Waals surface area contributed by atoms with Gasteiger partial charge in [-0.15, -0.1) is 0 Å². The molecule has 0 aliphatic heterocycles. The van der Waals surface area contributed by atoms with Crippen LogP contribution in [0.15, 0.2) is 67.1 Å². The predicted octanol–water partition coefficient (Wildman–Crippen LogP) is -0.0607. The molecule has 3 amide bonds. The van der Waals surface area contributed by atoms with E-state index in [1.165, 1.54) is 24.7 Å². The number of hydrogen-bond donors (Lipinski definition) is 8. The van der Waals surface area contributed by atoms with Crippen LogP contribution < -0.4 is 21.7 Å². The number of aromatic hydroxyl groups is 1. The van der Waals surface area contributed by atoms with Crippen LogP contribution in [-0.2, 0) is 38.4 Å². The van der Waals surface area contributed by atoms with Crippen LogP contribution in [0.1, 0.15) is 16.8 Å². The molecule has 1 heterocycles. The third-order valence-electron chi connectivity index (χ3n) is 6.05. The molecule has 0 saturated heterocycles. The van der Waals surface area contributed by atoms with E-state index in [0.717, 1.165) is 5.56 Å². The third kappa shape index (κ3) is 9.13. The van der Waals surface area contributed by atoms with Gasteiger partial charge in [-0.1, -0.05) is 42.5 Å². The summed E-state index contributed by atoms with van der Waals surface area (Å²) in [6.07, 6.45) is 3.01. The summed E-state index contributed by atoms with van der Waals surface area (Å²) in [6.45, 7) is 0. The summed E-state index contributed by atoms with van der Waals surface area (Å²) < 4.78 is 0. The molecule has 3 aromatic rings. The molecule has 8 N–H and O–H groups in total. The maximum Gasteiger partial charge on any atom is 0.326 e. The summed E-state index contributed by atoms with van der Waals surface area (Å²) in [4.78, 5) is 57.6. The second kappa shape index (κ2) is 14.7. The molecule has 1 aromatic heterocycles. The number of carbonyl (C=O) groups is 4. The number of aromatic amines is 1. The second-order valence-corrected chi connectivity index (χ2v) is 9.52. The number of nitrogens with one attached hydrogen (secondary N) is 4. The number of thiol groups is 1. The van der Waals surface area contributed by atoms with Gasteiger partial charge >= 0.3 is 5.97 Å². The summed E-state index contributed by atoms with van der Waals surface area (Å²) in [5.74, 6) is -3.36. The van der Waals surface area contributed by atoms with Crippen LogP contribution in [0.25, 0.3) is 0 Å². The molecule has 0 fully saturated rings. The molecule has 4 unspecified atom stereocenters. The van der Waals surface area contributed by atoms with Crippen molar-refractivity contribution in [3.8, 4) is 5.75 Å². The highest BCUT2D eigenvalue weighted by molar-refractivity contribution is 7.80. The number of nitrogens with zero attached hydrogens (tertiary/aromatic N) is 1. The lowest BCUT2D eigenvalue weighted by atomic mass is 10.0. The number of aliphatic carboxylic acids is 1. The Labute approximate surface area is 236 Å². The first-order valence-corrected chi connectivity index (χ1v) is 13.1. The van der Waals surface area contributed by atoms with E-state index in [4.69, 9.17) is 5.73 Å². The summed E-state index contributed by atoms with van der Waals surface area (Å²) in [5, 5.41) is 26.9. The maximum atomic E-state index is 13.2. The van der Waals surface area contributed by atoms with E-state index in [9.17, 15) is 29.4 Å². The zero-order valence-electron chi connectivity index (χ0n) is 21.5. The van der Waals surface area contributed by atoms with Crippen molar-refractivity contribution in [2.45, 2.75) is 43.4 Å². The van der Waals surface area contributed by atoms with Crippen molar-refractivity contribution >= 4 is 36.3 Å². The minimum absolute atomic E-state index is 0.0176. The van der Waals surface area contributed by atoms with Crippen LogP contribution >= 0.6 is 12.6 Å². The average Bonchev–Trinajstić information content (AvgIpc) is 3.45. The van der Waals surface area contributed by atoms with Gasteiger partial charge in [0.1, 0.15) is 23.9 Å². The molecule has 13 heteroatoms. The topological polar surface area (TPSA) is 200 Å². The molecule has 3 rings (SSSR count). The number of rotatable bonds is 14. The third-order valence-corrected chi connectivity index (χ3v) is 6.42. The summed E-state index contributed by atoms with van der Waals surface area (Å²) in [5.41, 5.74) is 7.98. The standard InChI is InChI=1S/C27H32N6O6S/c28-20(10-16-4-2-1-3-5-16)24(35)33-23(14-40)26(37)31-21(11-17-6-8-19(34)9-7-17)25(36)32-22(27(38)39)12-18-13-29-15-30-18/h1-9,13,15,20-23,34,40H,10-12,14,28H2,(H,29,30)(H,31,37)(H,32,36)(H,33,35)(H,38,39). The fraction of sp³-hybridized carbons (Fsp3) is 0.296. The average molecular weight is 569 g/mol. The smallest absolute Gasteiger partial charge is 0.326 e. The van der Waals surface area contributed by atoms with Gasteiger partial charge in [0.15, 0.2) is 0 Å². The Morgan fingerprint density at radius 2 is 1.43 bits per heavy atom. The van der Waals surface area contributed by atoms with Crippen molar-refractivity contribution < 1.29 is 29.4 Å². The Kier molecular flexibility index (Phi) is 11.1. The van der Waals surface area contributed by atoms with Gasteiger partial charge in [0.25, 0.3) is 0 Å². The first-order valence-electron chi connectivity index (χ1n) is 12.5. The minimum atomic E-state index is -1.30. The van der Waals surface area contributed by atoms with E-state index >= 15 is 0 Å². The van der Waals surface area contributed by atoms with Crippen LogP contribution in [0.2, 0.25) is 0 Å². The lowest BCUT2D eigenvalue weighted by molar-refractivity contribution is -0.142. The molecule has 0 aliphatic carbocycles. The number of carboxylic acids is 1. The highest BCUT2D eigenvalue weighted by Crippen LogP contribution is 2.12. The molecule has 0 spiro atoms. The predicted molar refractivity (Wildman–Crippen MR) is 150 cm³/mol. The van der Waals surface area contributed by atoms with Crippen molar-refractivity contribution in [1.29, 1.82) is 0 Å². The molecule has 0 bridgehead atoms. The molecular weight excluding hydrogens is 536 g/mol. The zero-order chi connectivity index (χ0) is 29.1. The van der Waals surface area contributed by atoms with Gasteiger partial charge in [-0.2, -0.15) is 12.6 Å². The number of carboxylic acid groups (broad SMARTS) is 1. The van der Waals surface area contributed by atoms with E-state index in [1.807, 2.05) is 30.3 Å². The summed E-state index contributed by atoms with van der Waals surface area (Å²) in [6, 6.07) is 10.6. The highest BCUT2D eigenvalue weighted by atomic mass is 32.1. The lowest BCUT2D eigenvalue weighted by Gasteiger charge is -2.24. The van der Waals surface area contributed by atoms with E-state index in [1.54, 1.807) is 12.1 Å². The largest absolute Gasteiger partial charge is 0.508 e. The second-order valence-electron chi connectivity index (χ2n) is 9.15. The number of phenols is 1. The molecule has 0 aliphatic rings. The van der Waals surface area contributed by atoms with Crippen LogP contribution in [0, 0.1) is 0 Å². The quantitative estimate of drug-likeness (QED) is 0.124. The van der Waals surface area contributed by atoms with Gasteiger partial charge < -0.3 is 36.9 Å². The van der Waals surface area contributed by atoms with Crippen LogP contribution in [-0.4, -0.2) is 73.8 Å². The Morgan fingerprint density at radius 1 is 0.825 bits per heavy atom. The number of amides is 3. The van der Waals surface area contributed by atoms with Crippen LogP contribution in [0.5, 0.6) is 5.75 Å². The lowest BCUT2D eigenvalue weighted by Crippen LogP contribution is -2.58. The van der Waals surface area contributed by atoms with E-state index < -0.39 is 47.9 Å². The summed E-state index contributed by atoms with van der Waals surface area (Å²) in [7, 11) is 0. The fourth-order valence-electron chi connectivity index (χ4n) is 3.87.